The summed E-state index contributed by atoms with van der Waals surface area (Å²) >= 11 is 0. The molecule has 0 aliphatic rings. The molecule has 84 valence electrons. The van der Waals surface area contributed by atoms with Crippen molar-refractivity contribution < 1.29 is 6.22 Å². The van der Waals surface area contributed by atoms with Crippen LogP contribution < -0.4 is 5.32 Å². The Balaban J connectivity index is 0.00000225. The smallest absolute Gasteiger partial charge is 0.223 e. The average molecular weight is 207 g/mol. The summed E-state index contributed by atoms with van der Waals surface area (Å²) in [5, 5.41) is 2.96. The molecule has 2 nitrogen and oxygen atoms in total. The highest BCUT2D eigenvalue weighted by Gasteiger charge is 2.12. The van der Waals surface area contributed by atoms with E-state index in [0.717, 1.165) is 18.4 Å². The standard InChI is InChI=1S/C13H19NO.H2/c1-3-12(4-2)13(15)14-10-11-8-6-5-7-9-11;/h5-9,12H,3-4,10H2,1-2H3,(H,14,15);1H. The molecule has 0 bridgehead atoms. The Morgan fingerprint density at radius 3 is 2.40 bits per heavy atom. The van der Waals surface area contributed by atoms with Gasteiger partial charge < -0.3 is 5.32 Å². The van der Waals surface area contributed by atoms with E-state index in [1.165, 1.54) is 0 Å². The van der Waals surface area contributed by atoms with E-state index >= 15 is 0 Å². The maximum atomic E-state index is 11.7. The topological polar surface area (TPSA) is 29.1 Å². The number of carbonyl (C=O) groups excluding carboxylic acids is 1. The molecule has 15 heavy (non-hydrogen) atoms. The number of amides is 1. The van der Waals surface area contributed by atoms with Gasteiger partial charge in [0.05, 0.1) is 0 Å². The zero-order valence-corrected chi connectivity index (χ0v) is 9.49. The van der Waals surface area contributed by atoms with E-state index in [4.69, 9.17) is 0 Å². The Bertz CT molecular complexity index is 296. The van der Waals surface area contributed by atoms with Gasteiger partial charge in [-0.15, -0.1) is 0 Å². The highest BCUT2D eigenvalue weighted by atomic mass is 16.1. The molecule has 1 N–H and O–H groups in total. The first-order chi connectivity index (χ1) is 7.27. The number of nitrogens with one attached hydrogen (secondary N) is 1. The highest BCUT2D eigenvalue weighted by Crippen LogP contribution is 2.07. The minimum atomic E-state index is 0. The minimum Gasteiger partial charge on any atom is -0.352 e. The van der Waals surface area contributed by atoms with E-state index in [9.17, 15) is 4.79 Å². The van der Waals surface area contributed by atoms with Crippen LogP contribution in [0.2, 0.25) is 0 Å². The quantitative estimate of drug-likeness (QED) is 0.790. The van der Waals surface area contributed by atoms with Gasteiger partial charge in [-0.05, 0) is 18.4 Å². The molecule has 0 aliphatic carbocycles. The molecular formula is C13H21NO. The summed E-state index contributed by atoms with van der Waals surface area (Å²) in [5.74, 6) is 0.331. The van der Waals surface area contributed by atoms with Crippen LogP contribution in [0.3, 0.4) is 0 Å². The van der Waals surface area contributed by atoms with Crippen molar-refractivity contribution in [2.45, 2.75) is 33.2 Å². The van der Waals surface area contributed by atoms with Crippen LogP contribution in [-0.4, -0.2) is 5.91 Å². The molecule has 1 amide bonds. The van der Waals surface area contributed by atoms with Gasteiger partial charge in [0.2, 0.25) is 5.91 Å². The van der Waals surface area contributed by atoms with Crippen LogP contribution in [0.5, 0.6) is 0 Å². The van der Waals surface area contributed by atoms with Crippen molar-refractivity contribution >= 4 is 5.91 Å². The van der Waals surface area contributed by atoms with Crippen LogP contribution in [0.1, 0.15) is 33.7 Å². The van der Waals surface area contributed by atoms with Crippen LogP contribution >= 0.6 is 0 Å². The predicted molar refractivity (Wildman–Crippen MR) is 64.5 cm³/mol. The highest BCUT2D eigenvalue weighted by molar-refractivity contribution is 5.78. The van der Waals surface area contributed by atoms with E-state index < -0.39 is 0 Å². The Labute approximate surface area is 93.2 Å². The number of carbonyl (C=O) groups is 1. The van der Waals surface area contributed by atoms with E-state index in [2.05, 4.69) is 19.2 Å². The number of rotatable bonds is 5. The predicted octanol–water partition coefficient (Wildman–Crippen LogP) is 2.99. The van der Waals surface area contributed by atoms with Crippen molar-refractivity contribution in [2.24, 2.45) is 5.92 Å². The van der Waals surface area contributed by atoms with Crippen molar-refractivity contribution in [3.05, 3.63) is 35.9 Å². The van der Waals surface area contributed by atoms with Crippen molar-refractivity contribution in [3.8, 4) is 0 Å². The van der Waals surface area contributed by atoms with Gasteiger partial charge in [0, 0.05) is 13.9 Å². The van der Waals surface area contributed by atoms with Gasteiger partial charge in [-0.2, -0.15) is 0 Å². The Hall–Kier alpha value is -1.31. The van der Waals surface area contributed by atoms with Crippen LogP contribution in [0, 0.1) is 5.92 Å². The van der Waals surface area contributed by atoms with Crippen LogP contribution in [0.15, 0.2) is 30.3 Å². The van der Waals surface area contributed by atoms with Gasteiger partial charge in [0.25, 0.3) is 0 Å². The molecule has 0 spiro atoms. The maximum Gasteiger partial charge on any atom is 0.223 e. The van der Waals surface area contributed by atoms with Crippen molar-refractivity contribution in [3.63, 3.8) is 0 Å². The number of hydrogen-bond donors (Lipinski definition) is 1. The van der Waals surface area contributed by atoms with Crippen molar-refractivity contribution in [2.75, 3.05) is 0 Å². The second-order valence-electron chi connectivity index (χ2n) is 3.72. The van der Waals surface area contributed by atoms with Gasteiger partial charge in [0.15, 0.2) is 0 Å². The van der Waals surface area contributed by atoms with E-state index in [0.29, 0.717) is 6.54 Å². The van der Waals surface area contributed by atoms with Gasteiger partial charge >= 0.3 is 0 Å². The molecule has 0 radical (unpaired) electrons. The fourth-order valence-corrected chi connectivity index (χ4v) is 1.59. The maximum absolute atomic E-state index is 11.7. The van der Waals surface area contributed by atoms with Gasteiger partial charge in [-0.25, -0.2) is 0 Å². The third kappa shape index (κ3) is 3.74. The molecular weight excluding hydrogens is 186 g/mol. The first-order valence-electron chi connectivity index (χ1n) is 5.59. The average Bonchev–Trinajstić information content (AvgIpc) is 2.29. The largest absolute Gasteiger partial charge is 0.352 e. The molecule has 1 aromatic carbocycles. The van der Waals surface area contributed by atoms with Gasteiger partial charge in [-0.1, -0.05) is 44.2 Å². The molecule has 1 aromatic rings. The Morgan fingerprint density at radius 2 is 1.87 bits per heavy atom. The molecule has 0 fully saturated rings. The molecule has 0 saturated heterocycles. The fraction of sp³-hybridized carbons (Fsp3) is 0.462. The molecule has 0 aliphatic heterocycles. The summed E-state index contributed by atoms with van der Waals surface area (Å²) in [6, 6.07) is 9.99. The van der Waals surface area contributed by atoms with Gasteiger partial charge in [0.1, 0.15) is 0 Å². The minimum absolute atomic E-state index is 0. The summed E-state index contributed by atoms with van der Waals surface area (Å²) in [6.45, 7) is 4.74. The number of benzene rings is 1. The van der Waals surface area contributed by atoms with E-state index in [1.807, 2.05) is 30.3 Å². The Morgan fingerprint density at radius 1 is 1.27 bits per heavy atom. The summed E-state index contributed by atoms with van der Waals surface area (Å²) in [4.78, 5) is 11.7. The molecule has 0 atom stereocenters. The summed E-state index contributed by atoms with van der Waals surface area (Å²) < 4.78 is 0. The van der Waals surface area contributed by atoms with Crippen molar-refractivity contribution in [1.29, 1.82) is 0 Å². The molecule has 0 heterocycles. The van der Waals surface area contributed by atoms with Crippen LogP contribution in [-0.2, 0) is 11.3 Å². The molecule has 1 rings (SSSR count). The lowest BCUT2D eigenvalue weighted by Crippen LogP contribution is -2.29. The first-order valence-corrected chi connectivity index (χ1v) is 5.59. The first kappa shape index (κ1) is 11.8. The summed E-state index contributed by atoms with van der Waals surface area (Å²) in [7, 11) is 0. The second-order valence-corrected chi connectivity index (χ2v) is 3.72. The summed E-state index contributed by atoms with van der Waals surface area (Å²) in [5.41, 5.74) is 1.15. The molecule has 2 heteroatoms. The van der Waals surface area contributed by atoms with Crippen molar-refractivity contribution in [1.82, 2.24) is 5.32 Å². The second kappa shape index (κ2) is 6.23. The normalized spacial score (nSPS) is 10.3. The lowest BCUT2D eigenvalue weighted by molar-refractivity contribution is -0.125. The lowest BCUT2D eigenvalue weighted by Gasteiger charge is -2.12. The zero-order valence-electron chi connectivity index (χ0n) is 9.49. The monoisotopic (exact) mass is 207 g/mol. The zero-order chi connectivity index (χ0) is 11.1. The van der Waals surface area contributed by atoms with E-state index in [-0.39, 0.29) is 13.3 Å². The third-order valence-corrected chi connectivity index (χ3v) is 2.67. The number of hydrogen-bond acceptors (Lipinski definition) is 1. The summed E-state index contributed by atoms with van der Waals surface area (Å²) in [6.07, 6.45) is 1.83. The fourth-order valence-electron chi connectivity index (χ4n) is 1.59. The Kier molecular flexibility index (Phi) is 4.88. The SMILES string of the molecule is CCC(CC)C(=O)NCc1ccccc1.[HH]. The lowest BCUT2D eigenvalue weighted by atomic mass is 10.0. The molecule has 0 aromatic heterocycles. The molecule has 0 unspecified atom stereocenters. The van der Waals surface area contributed by atoms with Gasteiger partial charge in [-0.3, -0.25) is 4.79 Å². The molecule has 0 saturated carbocycles. The third-order valence-electron chi connectivity index (χ3n) is 2.67. The van der Waals surface area contributed by atoms with Crippen LogP contribution in [0.4, 0.5) is 0 Å². The van der Waals surface area contributed by atoms with Crippen LogP contribution in [0.25, 0.3) is 0 Å². The van der Waals surface area contributed by atoms with E-state index in [1.54, 1.807) is 0 Å².